The van der Waals surface area contributed by atoms with Crippen molar-refractivity contribution in [3.63, 3.8) is 0 Å². The van der Waals surface area contributed by atoms with E-state index < -0.39 is 0 Å². The van der Waals surface area contributed by atoms with Crippen molar-refractivity contribution < 1.29 is 9.47 Å². The van der Waals surface area contributed by atoms with E-state index in [1.807, 2.05) is 11.3 Å². The average Bonchev–Trinajstić information content (AvgIpc) is 3.00. The highest BCUT2D eigenvalue weighted by Gasteiger charge is 2.39. The summed E-state index contributed by atoms with van der Waals surface area (Å²) < 4.78 is 13.4. The number of ether oxygens (including phenoxy) is 2. The van der Waals surface area contributed by atoms with Crippen molar-refractivity contribution in [2.75, 3.05) is 26.4 Å². The lowest BCUT2D eigenvalue weighted by Crippen LogP contribution is -2.34. The smallest absolute Gasteiger partial charge is 0.0688 e. The van der Waals surface area contributed by atoms with Gasteiger partial charge in [-0.3, -0.25) is 0 Å². The molecule has 1 aliphatic carbocycles. The van der Waals surface area contributed by atoms with Crippen molar-refractivity contribution >= 4 is 33.9 Å². The lowest BCUT2D eigenvalue weighted by Gasteiger charge is -2.29. The van der Waals surface area contributed by atoms with E-state index in [1.165, 1.54) is 21.3 Å². The van der Waals surface area contributed by atoms with Gasteiger partial charge in [-0.1, -0.05) is 26.7 Å². The van der Waals surface area contributed by atoms with Gasteiger partial charge in [0.05, 0.1) is 16.1 Å². The van der Waals surface area contributed by atoms with Gasteiger partial charge < -0.3 is 9.47 Å². The Labute approximate surface area is 146 Å². The first-order chi connectivity index (χ1) is 10.2. The van der Waals surface area contributed by atoms with Crippen LogP contribution in [0.15, 0.2) is 5.38 Å². The van der Waals surface area contributed by atoms with Crippen molar-refractivity contribution in [2.24, 2.45) is 5.41 Å². The van der Waals surface area contributed by atoms with Crippen LogP contribution in [-0.2, 0) is 22.3 Å². The Morgan fingerprint density at radius 2 is 1.71 bits per heavy atom. The fraction of sp³-hybridized carbons (Fsp3) is 0.765. The Balaban J connectivity index is 1.92. The van der Waals surface area contributed by atoms with E-state index in [1.54, 1.807) is 5.56 Å². The minimum atomic E-state index is 0.181. The van der Waals surface area contributed by atoms with Crippen LogP contribution in [0.2, 0.25) is 0 Å². The molecule has 0 radical (unpaired) electrons. The molecule has 0 atom stereocenters. The number of rotatable bonds is 10. The molecule has 0 aromatic carbocycles. The first-order valence-corrected chi connectivity index (χ1v) is 10.1. The number of thiophene rings is 1. The molecule has 2 rings (SSSR count). The SMILES string of the molecule is CCCCOCC1(COCCCC)Cc2csc(I)c2C1. The Morgan fingerprint density at radius 1 is 1.10 bits per heavy atom. The molecule has 1 aromatic heterocycles. The van der Waals surface area contributed by atoms with Gasteiger partial charge in [-0.15, -0.1) is 11.3 Å². The minimum Gasteiger partial charge on any atom is -0.381 e. The average molecular weight is 422 g/mol. The van der Waals surface area contributed by atoms with Crippen LogP contribution < -0.4 is 0 Å². The lowest BCUT2D eigenvalue weighted by atomic mass is 9.86. The van der Waals surface area contributed by atoms with E-state index in [0.717, 1.165) is 52.1 Å². The maximum Gasteiger partial charge on any atom is 0.0688 e. The number of hydrogen-bond donors (Lipinski definition) is 0. The molecule has 21 heavy (non-hydrogen) atoms. The topological polar surface area (TPSA) is 18.5 Å². The van der Waals surface area contributed by atoms with Gasteiger partial charge in [0, 0.05) is 18.6 Å². The summed E-state index contributed by atoms with van der Waals surface area (Å²) in [5.74, 6) is 0. The summed E-state index contributed by atoms with van der Waals surface area (Å²) in [5.41, 5.74) is 3.27. The van der Waals surface area contributed by atoms with Crippen LogP contribution in [0.1, 0.15) is 50.7 Å². The van der Waals surface area contributed by atoms with Crippen LogP contribution in [0.25, 0.3) is 0 Å². The van der Waals surface area contributed by atoms with Crippen molar-refractivity contribution in [3.05, 3.63) is 19.4 Å². The molecule has 4 heteroatoms. The van der Waals surface area contributed by atoms with E-state index in [9.17, 15) is 0 Å². The van der Waals surface area contributed by atoms with Crippen LogP contribution in [-0.4, -0.2) is 26.4 Å². The third kappa shape index (κ3) is 4.91. The van der Waals surface area contributed by atoms with Gasteiger partial charge in [-0.2, -0.15) is 0 Å². The number of hydrogen-bond acceptors (Lipinski definition) is 3. The molecule has 1 aromatic rings. The van der Waals surface area contributed by atoms with E-state index in [-0.39, 0.29) is 5.41 Å². The third-order valence-electron chi connectivity index (χ3n) is 4.15. The Bertz CT molecular complexity index is 418. The molecule has 0 saturated carbocycles. The van der Waals surface area contributed by atoms with Crippen LogP contribution in [0.5, 0.6) is 0 Å². The summed E-state index contributed by atoms with van der Waals surface area (Å²) in [6.45, 7) is 7.88. The normalized spacial score (nSPS) is 16.3. The van der Waals surface area contributed by atoms with E-state index in [0.29, 0.717) is 0 Å². The molecule has 2 nitrogen and oxygen atoms in total. The van der Waals surface area contributed by atoms with Crippen LogP contribution in [0.4, 0.5) is 0 Å². The molecule has 0 unspecified atom stereocenters. The van der Waals surface area contributed by atoms with Crippen molar-refractivity contribution in [3.8, 4) is 0 Å². The Morgan fingerprint density at radius 3 is 2.24 bits per heavy atom. The highest BCUT2D eigenvalue weighted by molar-refractivity contribution is 14.1. The summed E-state index contributed by atoms with van der Waals surface area (Å²) >= 11 is 4.35. The Kier molecular flexibility index (Phi) is 7.46. The van der Waals surface area contributed by atoms with Gasteiger partial charge in [-0.25, -0.2) is 0 Å². The molecular formula is C17H27IO2S. The molecular weight excluding hydrogens is 395 g/mol. The second-order valence-electron chi connectivity index (χ2n) is 6.18. The number of unbranched alkanes of at least 4 members (excludes halogenated alkanes) is 2. The predicted octanol–water partition coefficient (Wildman–Crippen LogP) is 5.07. The summed E-state index contributed by atoms with van der Waals surface area (Å²) in [5, 5.41) is 2.33. The first-order valence-electron chi connectivity index (χ1n) is 8.11. The molecule has 0 aliphatic heterocycles. The molecule has 1 aliphatic rings. The molecule has 0 saturated heterocycles. The molecule has 0 spiro atoms. The largest absolute Gasteiger partial charge is 0.381 e. The van der Waals surface area contributed by atoms with Gasteiger partial charge in [0.15, 0.2) is 0 Å². The van der Waals surface area contributed by atoms with E-state index >= 15 is 0 Å². The predicted molar refractivity (Wildman–Crippen MR) is 98.3 cm³/mol. The highest BCUT2D eigenvalue weighted by atomic mass is 127. The minimum absolute atomic E-state index is 0.181. The lowest BCUT2D eigenvalue weighted by molar-refractivity contribution is -0.0188. The maximum absolute atomic E-state index is 5.98. The second kappa shape index (κ2) is 8.85. The van der Waals surface area contributed by atoms with Crippen molar-refractivity contribution in [1.82, 2.24) is 0 Å². The Hall–Kier alpha value is 0.350. The van der Waals surface area contributed by atoms with Gasteiger partial charge in [0.2, 0.25) is 0 Å². The molecule has 0 bridgehead atoms. The van der Waals surface area contributed by atoms with Gasteiger partial charge in [0.1, 0.15) is 0 Å². The molecule has 0 amide bonds. The fourth-order valence-corrected chi connectivity index (χ4v) is 4.62. The summed E-state index contributed by atoms with van der Waals surface area (Å²) in [4.78, 5) is 0. The van der Waals surface area contributed by atoms with Crippen molar-refractivity contribution in [2.45, 2.75) is 52.4 Å². The van der Waals surface area contributed by atoms with E-state index in [4.69, 9.17) is 9.47 Å². The zero-order valence-corrected chi connectivity index (χ0v) is 16.2. The van der Waals surface area contributed by atoms with Crippen LogP contribution >= 0.6 is 33.9 Å². The molecule has 0 fully saturated rings. The zero-order chi connectivity index (χ0) is 15.1. The standard InChI is InChI=1S/C17H27IO2S/c1-3-5-7-19-12-17(13-20-8-6-4-2)9-14-11-21-16(18)15(14)10-17/h11H,3-10,12-13H2,1-2H3. The monoisotopic (exact) mass is 422 g/mol. The second-order valence-corrected chi connectivity index (χ2v) is 8.87. The summed E-state index contributed by atoms with van der Waals surface area (Å²) in [6.07, 6.45) is 6.97. The van der Waals surface area contributed by atoms with Gasteiger partial charge in [-0.05, 0) is 64.8 Å². The molecule has 120 valence electrons. The van der Waals surface area contributed by atoms with Crippen molar-refractivity contribution in [1.29, 1.82) is 0 Å². The summed E-state index contributed by atoms with van der Waals surface area (Å²) in [7, 11) is 0. The number of fused-ring (bicyclic) bond motifs is 1. The highest BCUT2D eigenvalue weighted by Crippen LogP contribution is 2.42. The van der Waals surface area contributed by atoms with Crippen LogP contribution in [0, 0.1) is 8.30 Å². The molecule has 1 heterocycles. The van der Waals surface area contributed by atoms with Gasteiger partial charge in [0.25, 0.3) is 0 Å². The third-order valence-corrected chi connectivity index (χ3v) is 6.42. The van der Waals surface area contributed by atoms with E-state index in [2.05, 4.69) is 41.8 Å². The quantitative estimate of drug-likeness (QED) is 0.387. The summed E-state index contributed by atoms with van der Waals surface area (Å²) in [6, 6.07) is 0. The molecule has 0 N–H and O–H groups in total. The zero-order valence-electron chi connectivity index (χ0n) is 13.3. The fourth-order valence-electron chi connectivity index (χ4n) is 2.88. The number of halogens is 1. The maximum atomic E-state index is 5.98. The van der Waals surface area contributed by atoms with Crippen LogP contribution in [0.3, 0.4) is 0 Å². The van der Waals surface area contributed by atoms with Gasteiger partial charge >= 0.3 is 0 Å². The first kappa shape index (κ1) is 17.7.